The summed E-state index contributed by atoms with van der Waals surface area (Å²) in [4.78, 5) is 23.3. The van der Waals surface area contributed by atoms with E-state index in [0.29, 0.717) is 19.5 Å². The predicted molar refractivity (Wildman–Crippen MR) is 61.6 cm³/mol. The van der Waals surface area contributed by atoms with Crippen LogP contribution in [-0.2, 0) is 9.59 Å². The summed E-state index contributed by atoms with van der Waals surface area (Å²) < 4.78 is 0. The molecule has 1 aliphatic heterocycles. The van der Waals surface area contributed by atoms with Gasteiger partial charge in [0.1, 0.15) is 6.04 Å². The van der Waals surface area contributed by atoms with E-state index in [0.717, 1.165) is 19.3 Å². The average molecular weight is 227 g/mol. The third kappa shape index (κ3) is 3.81. The van der Waals surface area contributed by atoms with E-state index in [9.17, 15) is 9.59 Å². The fraction of sp³-hybridized carbons (Fsp3) is 0.818. The minimum absolute atomic E-state index is 0.0641. The minimum atomic E-state index is -0.366. The molecule has 1 fully saturated rings. The van der Waals surface area contributed by atoms with Crippen LogP contribution in [-0.4, -0.2) is 30.9 Å². The summed E-state index contributed by atoms with van der Waals surface area (Å²) in [6, 6.07) is -0.366. The van der Waals surface area contributed by atoms with Gasteiger partial charge in [0.2, 0.25) is 11.8 Å². The molecule has 0 aromatic carbocycles. The van der Waals surface area contributed by atoms with E-state index >= 15 is 0 Å². The maximum Gasteiger partial charge on any atom is 0.242 e. The van der Waals surface area contributed by atoms with E-state index in [1.807, 2.05) is 6.92 Å². The molecule has 2 amide bonds. The fourth-order valence-corrected chi connectivity index (χ4v) is 1.77. The molecule has 0 aromatic rings. The molecule has 0 bridgehead atoms. The SMILES string of the molecule is CC(CCN)C(=O)NC1CCCCNC1=O. The van der Waals surface area contributed by atoms with Gasteiger partial charge in [-0.2, -0.15) is 0 Å². The van der Waals surface area contributed by atoms with Crippen molar-refractivity contribution in [2.75, 3.05) is 13.1 Å². The van der Waals surface area contributed by atoms with Crippen LogP contribution in [0.4, 0.5) is 0 Å². The van der Waals surface area contributed by atoms with Gasteiger partial charge in [0.25, 0.3) is 0 Å². The molecule has 0 saturated carbocycles. The van der Waals surface area contributed by atoms with Gasteiger partial charge in [0.15, 0.2) is 0 Å². The van der Waals surface area contributed by atoms with Crippen LogP contribution in [0.25, 0.3) is 0 Å². The Bertz CT molecular complexity index is 256. The third-order valence-corrected chi connectivity index (χ3v) is 2.90. The Kier molecular flexibility index (Phi) is 5.25. The molecule has 2 unspecified atom stereocenters. The zero-order valence-electron chi connectivity index (χ0n) is 9.79. The number of amides is 2. The number of hydrogen-bond donors (Lipinski definition) is 3. The second kappa shape index (κ2) is 6.48. The number of carbonyl (C=O) groups is 2. The van der Waals surface area contributed by atoms with Crippen LogP contribution < -0.4 is 16.4 Å². The van der Waals surface area contributed by atoms with Crippen molar-refractivity contribution in [2.45, 2.75) is 38.6 Å². The van der Waals surface area contributed by atoms with E-state index in [1.54, 1.807) is 0 Å². The van der Waals surface area contributed by atoms with E-state index in [-0.39, 0.29) is 23.8 Å². The van der Waals surface area contributed by atoms with Gasteiger partial charge in [-0.15, -0.1) is 0 Å². The van der Waals surface area contributed by atoms with Crippen molar-refractivity contribution in [3.63, 3.8) is 0 Å². The van der Waals surface area contributed by atoms with Crippen molar-refractivity contribution >= 4 is 11.8 Å². The van der Waals surface area contributed by atoms with E-state index < -0.39 is 0 Å². The Labute approximate surface area is 96.1 Å². The number of nitrogens with one attached hydrogen (secondary N) is 2. The minimum Gasteiger partial charge on any atom is -0.354 e. The van der Waals surface area contributed by atoms with Crippen LogP contribution in [0.3, 0.4) is 0 Å². The first kappa shape index (κ1) is 13.0. The van der Waals surface area contributed by atoms with Crippen LogP contribution >= 0.6 is 0 Å². The van der Waals surface area contributed by atoms with Crippen LogP contribution in [0.15, 0.2) is 0 Å². The molecule has 16 heavy (non-hydrogen) atoms. The lowest BCUT2D eigenvalue weighted by Crippen LogP contribution is -2.47. The molecular formula is C11H21N3O2. The highest BCUT2D eigenvalue weighted by Crippen LogP contribution is 2.07. The Balaban J connectivity index is 2.44. The monoisotopic (exact) mass is 227 g/mol. The summed E-state index contributed by atoms with van der Waals surface area (Å²) in [5.41, 5.74) is 5.39. The van der Waals surface area contributed by atoms with Gasteiger partial charge in [-0.25, -0.2) is 0 Å². The average Bonchev–Trinajstić information content (AvgIpc) is 2.45. The molecule has 0 aromatic heterocycles. The fourth-order valence-electron chi connectivity index (χ4n) is 1.77. The van der Waals surface area contributed by atoms with E-state index in [1.165, 1.54) is 0 Å². The molecule has 1 heterocycles. The summed E-state index contributed by atoms with van der Waals surface area (Å²) in [5.74, 6) is -0.264. The Morgan fingerprint density at radius 2 is 2.38 bits per heavy atom. The first-order chi connectivity index (χ1) is 7.65. The van der Waals surface area contributed by atoms with Gasteiger partial charge < -0.3 is 16.4 Å². The lowest BCUT2D eigenvalue weighted by Gasteiger charge is -2.18. The molecule has 0 aliphatic carbocycles. The second-order valence-electron chi connectivity index (χ2n) is 4.33. The van der Waals surface area contributed by atoms with Gasteiger partial charge in [-0.05, 0) is 32.2 Å². The third-order valence-electron chi connectivity index (χ3n) is 2.90. The highest BCUT2D eigenvalue weighted by Gasteiger charge is 2.24. The van der Waals surface area contributed by atoms with Gasteiger partial charge in [-0.1, -0.05) is 6.92 Å². The van der Waals surface area contributed by atoms with Gasteiger partial charge in [0, 0.05) is 12.5 Å². The first-order valence-electron chi connectivity index (χ1n) is 5.93. The van der Waals surface area contributed by atoms with Crippen molar-refractivity contribution in [1.29, 1.82) is 0 Å². The van der Waals surface area contributed by atoms with E-state index in [2.05, 4.69) is 10.6 Å². The van der Waals surface area contributed by atoms with Crippen molar-refractivity contribution < 1.29 is 9.59 Å². The molecule has 92 valence electrons. The highest BCUT2D eigenvalue weighted by atomic mass is 16.2. The zero-order chi connectivity index (χ0) is 12.0. The maximum absolute atomic E-state index is 11.7. The van der Waals surface area contributed by atoms with Crippen LogP contribution in [0, 0.1) is 5.92 Å². The Morgan fingerprint density at radius 1 is 1.62 bits per heavy atom. The summed E-state index contributed by atoms with van der Waals surface area (Å²) in [6.45, 7) is 3.03. The van der Waals surface area contributed by atoms with Crippen molar-refractivity contribution in [3.8, 4) is 0 Å². The Hall–Kier alpha value is -1.10. The summed E-state index contributed by atoms with van der Waals surface area (Å²) in [6.07, 6.45) is 3.33. The van der Waals surface area contributed by atoms with Crippen molar-refractivity contribution in [1.82, 2.24) is 10.6 Å². The molecule has 1 rings (SSSR count). The number of rotatable bonds is 4. The quantitative estimate of drug-likeness (QED) is 0.619. The van der Waals surface area contributed by atoms with Gasteiger partial charge >= 0.3 is 0 Å². The molecule has 1 aliphatic rings. The number of hydrogen-bond acceptors (Lipinski definition) is 3. The summed E-state index contributed by atoms with van der Waals surface area (Å²) >= 11 is 0. The maximum atomic E-state index is 11.7. The molecule has 5 heteroatoms. The highest BCUT2D eigenvalue weighted by molar-refractivity contribution is 5.88. The lowest BCUT2D eigenvalue weighted by molar-refractivity contribution is -0.130. The molecule has 4 N–H and O–H groups in total. The summed E-state index contributed by atoms with van der Waals surface area (Å²) in [7, 11) is 0. The molecule has 0 spiro atoms. The lowest BCUT2D eigenvalue weighted by atomic mass is 10.1. The van der Waals surface area contributed by atoms with Crippen molar-refractivity contribution in [3.05, 3.63) is 0 Å². The second-order valence-corrected chi connectivity index (χ2v) is 4.33. The number of carbonyl (C=O) groups excluding carboxylic acids is 2. The molecule has 2 atom stereocenters. The molecule has 5 nitrogen and oxygen atoms in total. The van der Waals surface area contributed by atoms with Crippen molar-refractivity contribution in [2.24, 2.45) is 11.7 Å². The van der Waals surface area contributed by atoms with Gasteiger partial charge in [-0.3, -0.25) is 9.59 Å². The van der Waals surface area contributed by atoms with Crippen LogP contribution in [0.1, 0.15) is 32.6 Å². The zero-order valence-corrected chi connectivity index (χ0v) is 9.79. The standard InChI is InChI=1S/C11H21N3O2/c1-8(5-6-12)10(15)14-9-4-2-3-7-13-11(9)16/h8-9H,2-7,12H2,1H3,(H,13,16)(H,14,15). The summed E-state index contributed by atoms with van der Waals surface area (Å²) in [5, 5.41) is 5.58. The molecule has 1 saturated heterocycles. The molecular weight excluding hydrogens is 206 g/mol. The molecule has 0 radical (unpaired) electrons. The first-order valence-corrected chi connectivity index (χ1v) is 5.93. The van der Waals surface area contributed by atoms with Gasteiger partial charge in [0.05, 0.1) is 0 Å². The van der Waals surface area contributed by atoms with E-state index in [4.69, 9.17) is 5.73 Å². The van der Waals surface area contributed by atoms with Crippen LogP contribution in [0.5, 0.6) is 0 Å². The topological polar surface area (TPSA) is 84.2 Å². The Morgan fingerprint density at radius 3 is 3.06 bits per heavy atom. The smallest absolute Gasteiger partial charge is 0.242 e. The van der Waals surface area contributed by atoms with Crippen LogP contribution in [0.2, 0.25) is 0 Å². The predicted octanol–water partition coefficient (Wildman–Crippen LogP) is -0.244. The number of nitrogens with two attached hydrogens (primary N) is 1. The normalized spacial score (nSPS) is 23.1. The largest absolute Gasteiger partial charge is 0.354 e.